The van der Waals surface area contributed by atoms with E-state index in [1.54, 1.807) is 0 Å². The summed E-state index contributed by atoms with van der Waals surface area (Å²) in [6, 6.07) is 1.36. The Labute approximate surface area is 51.3 Å². The van der Waals surface area contributed by atoms with Gasteiger partial charge in [0.1, 0.15) is 11.4 Å². The number of carbonyl (C=O) groups excluding carboxylic acids is 1. The largest absolute Gasteiger partial charge is 0.505 e. The molecule has 0 saturated heterocycles. The average molecular weight is 126 g/mol. The van der Waals surface area contributed by atoms with Crippen molar-refractivity contribution in [3.05, 3.63) is 18.0 Å². The first-order chi connectivity index (χ1) is 4.22. The number of nitrogens with one attached hydrogen (secondary N) is 1. The van der Waals surface area contributed by atoms with Gasteiger partial charge in [-0.25, -0.2) is 0 Å². The monoisotopic (exact) mass is 126 g/mol. The van der Waals surface area contributed by atoms with Gasteiger partial charge in [0.05, 0.1) is 0 Å². The number of hydrogen-bond donors (Lipinski definition) is 3. The zero-order chi connectivity index (χ0) is 6.85. The van der Waals surface area contributed by atoms with Crippen LogP contribution in [0, 0.1) is 0 Å². The predicted molar refractivity (Wildman–Crippen MR) is 31.0 cm³/mol. The SMILES string of the molecule is NC(=O)c1[nH]ccc1O. The van der Waals surface area contributed by atoms with Crippen molar-refractivity contribution in [3.8, 4) is 5.75 Å². The lowest BCUT2D eigenvalue weighted by molar-refractivity contribution is 0.0993. The normalized spacial score (nSPS) is 9.33. The summed E-state index contributed by atoms with van der Waals surface area (Å²) in [5.74, 6) is -0.764. The van der Waals surface area contributed by atoms with Gasteiger partial charge in [0, 0.05) is 6.20 Å². The first kappa shape index (κ1) is 5.68. The predicted octanol–water partition coefficient (Wildman–Crippen LogP) is -0.181. The molecule has 0 radical (unpaired) electrons. The Morgan fingerprint density at radius 3 is 2.67 bits per heavy atom. The van der Waals surface area contributed by atoms with Crippen molar-refractivity contribution in [3.63, 3.8) is 0 Å². The number of nitrogens with two attached hydrogens (primary N) is 1. The van der Waals surface area contributed by atoms with Crippen LogP contribution in [-0.4, -0.2) is 16.0 Å². The lowest BCUT2D eigenvalue weighted by atomic mass is 10.4. The van der Waals surface area contributed by atoms with Crippen LogP contribution in [0.4, 0.5) is 0 Å². The van der Waals surface area contributed by atoms with Crippen LogP contribution in [0.2, 0.25) is 0 Å². The Morgan fingerprint density at radius 2 is 2.44 bits per heavy atom. The number of rotatable bonds is 1. The fourth-order valence-electron chi connectivity index (χ4n) is 0.559. The molecule has 1 heterocycles. The second-order valence-corrected chi connectivity index (χ2v) is 1.60. The van der Waals surface area contributed by atoms with Gasteiger partial charge in [-0.05, 0) is 6.07 Å². The van der Waals surface area contributed by atoms with Gasteiger partial charge in [-0.2, -0.15) is 0 Å². The molecule has 1 amide bonds. The third kappa shape index (κ3) is 0.861. The van der Waals surface area contributed by atoms with Crippen LogP contribution < -0.4 is 5.73 Å². The van der Waals surface area contributed by atoms with Gasteiger partial charge in [-0.3, -0.25) is 4.79 Å². The van der Waals surface area contributed by atoms with Crippen molar-refractivity contribution >= 4 is 5.91 Å². The molecule has 0 aromatic carbocycles. The summed E-state index contributed by atoms with van der Waals surface area (Å²) in [4.78, 5) is 12.8. The topological polar surface area (TPSA) is 79.1 Å². The van der Waals surface area contributed by atoms with Crippen LogP contribution >= 0.6 is 0 Å². The number of aromatic amines is 1. The highest BCUT2D eigenvalue weighted by molar-refractivity contribution is 5.93. The third-order valence-corrected chi connectivity index (χ3v) is 0.971. The highest BCUT2D eigenvalue weighted by Crippen LogP contribution is 2.11. The third-order valence-electron chi connectivity index (χ3n) is 0.971. The molecule has 4 nitrogen and oxygen atoms in total. The standard InChI is InChI=1S/C5H6N2O2/c6-5(9)4-3(8)1-2-7-4/h1-2,7-8H,(H2,6,9). The molecule has 0 aliphatic heterocycles. The van der Waals surface area contributed by atoms with E-state index in [1.165, 1.54) is 12.3 Å². The van der Waals surface area contributed by atoms with Crippen molar-refractivity contribution in [1.29, 1.82) is 0 Å². The number of H-pyrrole nitrogens is 1. The molecule has 1 rings (SSSR count). The van der Waals surface area contributed by atoms with Crippen molar-refractivity contribution in [1.82, 2.24) is 4.98 Å². The smallest absolute Gasteiger partial charge is 0.268 e. The number of amides is 1. The fraction of sp³-hybridized carbons (Fsp3) is 0. The summed E-state index contributed by atoms with van der Waals surface area (Å²) >= 11 is 0. The molecular formula is C5H6N2O2. The number of carbonyl (C=O) groups is 1. The van der Waals surface area contributed by atoms with E-state index in [1.807, 2.05) is 0 Å². The van der Waals surface area contributed by atoms with Crippen LogP contribution in [0.25, 0.3) is 0 Å². The Kier molecular flexibility index (Phi) is 1.14. The van der Waals surface area contributed by atoms with E-state index in [2.05, 4.69) is 4.98 Å². The van der Waals surface area contributed by atoms with Crippen molar-refractivity contribution in [2.45, 2.75) is 0 Å². The van der Waals surface area contributed by atoms with Crippen molar-refractivity contribution in [2.75, 3.05) is 0 Å². The molecule has 4 N–H and O–H groups in total. The molecular weight excluding hydrogens is 120 g/mol. The molecule has 0 aliphatic rings. The summed E-state index contributed by atoms with van der Waals surface area (Å²) in [5.41, 5.74) is 4.88. The molecule has 1 aromatic rings. The van der Waals surface area contributed by atoms with E-state index in [4.69, 9.17) is 10.8 Å². The lowest BCUT2D eigenvalue weighted by Crippen LogP contribution is -2.11. The van der Waals surface area contributed by atoms with Crippen molar-refractivity contribution < 1.29 is 9.90 Å². The van der Waals surface area contributed by atoms with E-state index in [9.17, 15) is 4.79 Å². The summed E-state index contributed by atoms with van der Waals surface area (Å²) in [6.45, 7) is 0. The summed E-state index contributed by atoms with van der Waals surface area (Å²) in [6.07, 6.45) is 1.44. The highest BCUT2D eigenvalue weighted by atomic mass is 16.3. The van der Waals surface area contributed by atoms with Gasteiger partial charge in [0.2, 0.25) is 0 Å². The van der Waals surface area contributed by atoms with Crippen molar-refractivity contribution in [2.24, 2.45) is 5.73 Å². The second kappa shape index (κ2) is 1.81. The van der Waals surface area contributed by atoms with Gasteiger partial charge in [0.15, 0.2) is 0 Å². The van der Waals surface area contributed by atoms with E-state index < -0.39 is 5.91 Å². The highest BCUT2D eigenvalue weighted by Gasteiger charge is 2.05. The Bertz CT molecular complexity index is 229. The minimum absolute atomic E-state index is 0.0509. The van der Waals surface area contributed by atoms with Gasteiger partial charge in [-0.1, -0.05) is 0 Å². The Morgan fingerprint density at radius 1 is 1.78 bits per heavy atom. The fourth-order valence-corrected chi connectivity index (χ4v) is 0.559. The molecule has 0 fully saturated rings. The zero-order valence-electron chi connectivity index (χ0n) is 4.59. The molecule has 0 unspecified atom stereocenters. The molecule has 4 heteroatoms. The minimum Gasteiger partial charge on any atom is -0.505 e. The van der Waals surface area contributed by atoms with Gasteiger partial charge in [0.25, 0.3) is 5.91 Å². The quantitative estimate of drug-likeness (QED) is 0.488. The molecule has 0 saturated carbocycles. The molecule has 0 aliphatic carbocycles. The number of primary amides is 1. The summed E-state index contributed by atoms with van der Waals surface area (Å²) in [5, 5.41) is 8.79. The Hall–Kier alpha value is -1.45. The van der Waals surface area contributed by atoms with Crippen LogP contribution in [0.15, 0.2) is 12.3 Å². The molecule has 9 heavy (non-hydrogen) atoms. The van der Waals surface area contributed by atoms with Crippen LogP contribution in [0.5, 0.6) is 5.75 Å². The lowest BCUT2D eigenvalue weighted by Gasteiger charge is -1.87. The van der Waals surface area contributed by atoms with E-state index in [0.29, 0.717) is 0 Å². The van der Waals surface area contributed by atoms with Gasteiger partial charge < -0.3 is 15.8 Å². The maximum absolute atomic E-state index is 10.3. The first-order valence-electron chi connectivity index (χ1n) is 2.38. The first-order valence-corrected chi connectivity index (χ1v) is 2.38. The van der Waals surface area contributed by atoms with E-state index in [-0.39, 0.29) is 11.4 Å². The average Bonchev–Trinajstić information content (AvgIpc) is 2.13. The van der Waals surface area contributed by atoms with Gasteiger partial charge >= 0.3 is 0 Å². The van der Waals surface area contributed by atoms with Crippen LogP contribution in [-0.2, 0) is 0 Å². The second-order valence-electron chi connectivity index (χ2n) is 1.60. The minimum atomic E-state index is -0.655. The summed E-state index contributed by atoms with van der Waals surface area (Å²) < 4.78 is 0. The summed E-state index contributed by atoms with van der Waals surface area (Å²) in [7, 11) is 0. The molecule has 1 aromatic heterocycles. The molecule has 48 valence electrons. The van der Waals surface area contributed by atoms with Gasteiger partial charge in [-0.15, -0.1) is 0 Å². The molecule has 0 spiro atoms. The van der Waals surface area contributed by atoms with E-state index >= 15 is 0 Å². The Balaban J connectivity index is 3.08. The number of hydrogen-bond acceptors (Lipinski definition) is 2. The molecule has 0 atom stereocenters. The maximum Gasteiger partial charge on any atom is 0.268 e. The van der Waals surface area contributed by atoms with E-state index in [0.717, 1.165) is 0 Å². The van der Waals surface area contributed by atoms with Crippen LogP contribution in [0.1, 0.15) is 10.5 Å². The molecule has 0 bridgehead atoms. The number of aromatic hydroxyl groups is 1. The number of aromatic nitrogens is 1. The zero-order valence-corrected chi connectivity index (χ0v) is 4.59. The van der Waals surface area contributed by atoms with Crippen LogP contribution in [0.3, 0.4) is 0 Å². The maximum atomic E-state index is 10.3.